The Labute approximate surface area is 193 Å². The molecule has 0 amide bonds. The standard InChI is InChI=1S/C22H23N3O6S2/c1-16(23-25-33(28,29)20-12-13-21(30-2)22(15-20)31-3)17-8-7-9-18(14-17)24-32(26,27)19-10-5-4-6-11-19/h4-15,24-25H,1-3H3/b23-16+. The van der Waals surface area contributed by atoms with E-state index >= 15 is 0 Å². The summed E-state index contributed by atoms with van der Waals surface area (Å²) in [6, 6.07) is 18.6. The summed E-state index contributed by atoms with van der Waals surface area (Å²) < 4.78 is 63.1. The molecule has 3 aromatic rings. The van der Waals surface area contributed by atoms with Crippen LogP contribution >= 0.6 is 0 Å². The SMILES string of the molecule is COc1ccc(S(=O)(=O)N/N=C(\C)c2cccc(NS(=O)(=O)c3ccccc3)c2)cc1OC. The van der Waals surface area contributed by atoms with Crippen LogP contribution in [0.4, 0.5) is 5.69 Å². The van der Waals surface area contributed by atoms with Gasteiger partial charge in [-0.15, -0.1) is 0 Å². The average Bonchev–Trinajstić information content (AvgIpc) is 2.82. The summed E-state index contributed by atoms with van der Waals surface area (Å²) in [4.78, 5) is 2.25. The third-order valence-corrected chi connectivity index (χ3v) is 7.19. The summed E-state index contributed by atoms with van der Waals surface area (Å²) in [5.41, 5.74) is 1.17. The van der Waals surface area contributed by atoms with E-state index in [4.69, 9.17) is 9.47 Å². The summed E-state index contributed by atoms with van der Waals surface area (Å²) in [6.45, 7) is 1.60. The molecule has 0 heterocycles. The first-order valence-corrected chi connectivity index (χ1v) is 12.6. The second kappa shape index (κ2) is 9.92. The molecule has 0 radical (unpaired) electrons. The highest BCUT2D eigenvalue weighted by Crippen LogP contribution is 2.29. The van der Waals surface area contributed by atoms with E-state index in [1.165, 1.54) is 44.6 Å². The van der Waals surface area contributed by atoms with Crippen LogP contribution in [0.3, 0.4) is 0 Å². The van der Waals surface area contributed by atoms with Crippen molar-refractivity contribution in [3.8, 4) is 11.5 Å². The highest BCUT2D eigenvalue weighted by atomic mass is 32.2. The summed E-state index contributed by atoms with van der Waals surface area (Å²) >= 11 is 0. The van der Waals surface area contributed by atoms with Crippen molar-refractivity contribution in [1.29, 1.82) is 0 Å². The monoisotopic (exact) mass is 489 g/mol. The molecule has 0 aliphatic carbocycles. The van der Waals surface area contributed by atoms with Gasteiger partial charge in [-0.1, -0.05) is 30.3 Å². The molecule has 3 aromatic carbocycles. The Kier molecular flexibility index (Phi) is 7.24. The molecule has 0 spiro atoms. The quantitative estimate of drug-likeness (QED) is 0.351. The molecular weight excluding hydrogens is 466 g/mol. The third-order valence-electron chi connectivity index (χ3n) is 4.58. The summed E-state index contributed by atoms with van der Waals surface area (Å²) in [5.74, 6) is 0.658. The Balaban J connectivity index is 1.80. The fraction of sp³-hybridized carbons (Fsp3) is 0.136. The van der Waals surface area contributed by atoms with Crippen LogP contribution in [-0.4, -0.2) is 36.8 Å². The van der Waals surface area contributed by atoms with Gasteiger partial charge in [0.15, 0.2) is 11.5 Å². The van der Waals surface area contributed by atoms with Crippen molar-refractivity contribution in [2.24, 2.45) is 5.10 Å². The van der Waals surface area contributed by atoms with Gasteiger partial charge < -0.3 is 9.47 Å². The van der Waals surface area contributed by atoms with Crippen LogP contribution in [0.25, 0.3) is 0 Å². The Morgan fingerprint density at radius 2 is 1.45 bits per heavy atom. The maximum atomic E-state index is 12.6. The fourth-order valence-corrected chi connectivity index (χ4v) is 4.79. The van der Waals surface area contributed by atoms with Crippen molar-refractivity contribution >= 4 is 31.4 Å². The molecule has 2 N–H and O–H groups in total. The first kappa shape index (κ1) is 24.1. The van der Waals surface area contributed by atoms with Crippen molar-refractivity contribution in [3.63, 3.8) is 0 Å². The third kappa shape index (κ3) is 5.82. The molecule has 0 fully saturated rings. The molecule has 0 saturated heterocycles. The molecular formula is C22H23N3O6S2. The highest BCUT2D eigenvalue weighted by Gasteiger charge is 2.17. The molecule has 0 aliphatic heterocycles. The van der Waals surface area contributed by atoms with E-state index in [0.29, 0.717) is 22.7 Å². The van der Waals surface area contributed by atoms with Crippen LogP contribution in [-0.2, 0) is 20.0 Å². The Bertz CT molecular complexity index is 1370. The maximum Gasteiger partial charge on any atom is 0.276 e. The first-order valence-electron chi connectivity index (χ1n) is 9.63. The molecule has 33 heavy (non-hydrogen) atoms. The number of benzene rings is 3. The summed E-state index contributed by atoms with van der Waals surface area (Å²) in [6.07, 6.45) is 0. The number of hydrogen-bond donors (Lipinski definition) is 2. The van der Waals surface area contributed by atoms with Gasteiger partial charge in [-0.2, -0.15) is 18.4 Å². The van der Waals surface area contributed by atoms with Crippen LogP contribution in [0.15, 0.2) is 87.7 Å². The van der Waals surface area contributed by atoms with Gasteiger partial charge in [0.25, 0.3) is 20.0 Å². The lowest BCUT2D eigenvalue weighted by Gasteiger charge is -2.11. The van der Waals surface area contributed by atoms with Crippen LogP contribution < -0.4 is 19.0 Å². The van der Waals surface area contributed by atoms with E-state index in [0.717, 1.165) is 0 Å². The largest absolute Gasteiger partial charge is 0.493 e. The van der Waals surface area contributed by atoms with Crippen molar-refractivity contribution < 1.29 is 26.3 Å². The predicted octanol–water partition coefficient (Wildman–Crippen LogP) is 3.21. The Morgan fingerprint density at radius 1 is 0.758 bits per heavy atom. The van der Waals surface area contributed by atoms with E-state index in [9.17, 15) is 16.8 Å². The minimum atomic E-state index is -3.98. The molecule has 0 atom stereocenters. The topological polar surface area (TPSA) is 123 Å². The first-order chi connectivity index (χ1) is 15.7. The predicted molar refractivity (Wildman–Crippen MR) is 126 cm³/mol. The maximum absolute atomic E-state index is 12.6. The van der Waals surface area contributed by atoms with Crippen molar-refractivity contribution in [1.82, 2.24) is 4.83 Å². The number of anilines is 1. The van der Waals surface area contributed by atoms with Crippen molar-refractivity contribution in [2.45, 2.75) is 16.7 Å². The fourth-order valence-electron chi connectivity index (χ4n) is 2.85. The molecule has 0 saturated carbocycles. The van der Waals surface area contributed by atoms with Crippen molar-refractivity contribution in [2.75, 3.05) is 18.9 Å². The number of nitrogens with zero attached hydrogens (tertiary/aromatic N) is 1. The molecule has 0 aromatic heterocycles. The van der Waals surface area contributed by atoms with Gasteiger partial charge in [0.1, 0.15) is 0 Å². The number of hydrogen-bond acceptors (Lipinski definition) is 7. The molecule has 11 heteroatoms. The minimum absolute atomic E-state index is 0.0546. The zero-order valence-electron chi connectivity index (χ0n) is 18.1. The number of nitrogens with one attached hydrogen (secondary N) is 2. The van der Waals surface area contributed by atoms with E-state index in [1.54, 1.807) is 49.4 Å². The summed E-state index contributed by atoms with van der Waals surface area (Å²) in [5, 5.41) is 3.97. The second-order valence-corrected chi connectivity index (χ2v) is 10.2. The van der Waals surface area contributed by atoms with Gasteiger partial charge in [-0.05, 0) is 48.9 Å². The Hall–Kier alpha value is -3.57. The molecule has 0 unspecified atom stereocenters. The highest BCUT2D eigenvalue weighted by molar-refractivity contribution is 7.92. The average molecular weight is 490 g/mol. The minimum Gasteiger partial charge on any atom is -0.493 e. The van der Waals surface area contributed by atoms with E-state index in [-0.39, 0.29) is 15.5 Å². The molecule has 174 valence electrons. The van der Waals surface area contributed by atoms with Crippen LogP contribution in [0.1, 0.15) is 12.5 Å². The van der Waals surface area contributed by atoms with Gasteiger partial charge in [0.2, 0.25) is 0 Å². The summed E-state index contributed by atoms with van der Waals surface area (Å²) in [7, 11) is -4.89. The van der Waals surface area contributed by atoms with Crippen LogP contribution in [0.2, 0.25) is 0 Å². The zero-order chi connectivity index (χ0) is 24.1. The zero-order valence-corrected chi connectivity index (χ0v) is 19.8. The van der Waals surface area contributed by atoms with Gasteiger partial charge >= 0.3 is 0 Å². The molecule has 3 rings (SSSR count). The van der Waals surface area contributed by atoms with Crippen molar-refractivity contribution in [3.05, 3.63) is 78.4 Å². The van der Waals surface area contributed by atoms with Gasteiger partial charge in [-0.3, -0.25) is 4.72 Å². The number of methoxy groups -OCH3 is 2. The lowest BCUT2D eigenvalue weighted by Crippen LogP contribution is -2.20. The number of rotatable bonds is 9. The smallest absolute Gasteiger partial charge is 0.276 e. The second-order valence-electron chi connectivity index (χ2n) is 6.81. The number of hydrazone groups is 1. The number of ether oxygens (including phenoxy) is 2. The van der Waals surface area contributed by atoms with E-state index in [2.05, 4.69) is 14.7 Å². The van der Waals surface area contributed by atoms with Gasteiger partial charge in [0.05, 0.1) is 29.7 Å². The number of sulfonamides is 2. The van der Waals surface area contributed by atoms with E-state index in [1.807, 2.05) is 0 Å². The van der Waals surface area contributed by atoms with Crippen LogP contribution in [0, 0.1) is 0 Å². The van der Waals surface area contributed by atoms with Crippen LogP contribution in [0.5, 0.6) is 11.5 Å². The molecule has 0 bridgehead atoms. The molecule has 9 nitrogen and oxygen atoms in total. The van der Waals surface area contributed by atoms with E-state index < -0.39 is 20.0 Å². The van der Waals surface area contributed by atoms with Gasteiger partial charge in [-0.25, -0.2) is 8.42 Å². The molecule has 0 aliphatic rings. The normalized spacial score (nSPS) is 12.2. The van der Waals surface area contributed by atoms with Gasteiger partial charge in [0, 0.05) is 11.8 Å². The lowest BCUT2D eigenvalue weighted by molar-refractivity contribution is 0.354. The Morgan fingerprint density at radius 3 is 2.12 bits per heavy atom. The lowest BCUT2D eigenvalue weighted by atomic mass is 10.1.